The van der Waals surface area contributed by atoms with E-state index in [1.807, 2.05) is 18.2 Å². The van der Waals surface area contributed by atoms with E-state index in [1.54, 1.807) is 12.1 Å². The van der Waals surface area contributed by atoms with E-state index in [4.69, 9.17) is 0 Å². The minimum absolute atomic E-state index is 0.0478. The molecule has 0 unspecified atom stereocenters. The largest absolute Gasteiger partial charge is 0.349 e. The maximum atomic E-state index is 12.5. The van der Waals surface area contributed by atoms with Crippen molar-refractivity contribution in [1.82, 2.24) is 15.1 Å². The molecule has 2 N–H and O–H groups in total. The number of amides is 2. The topological polar surface area (TPSA) is 64.7 Å². The first kappa shape index (κ1) is 20.6. The standard InChI is InChI=1S/C24H30N4O2/c29-23(26-22-9-5-4-8-21(22)24(30)25-20-10-11-20)12-13-27-14-16-28(17-15-27)18-19-6-2-1-3-7-19/h1-9,20H,10-18H2,(H,25,30)(H,26,29). The number of nitrogens with one attached hydrogen (secondary N) is 2. The van der Waals surface area contributed by atoms with Gasteiger partial charge in [0.1, 0.15) is 0 Å². The van der Waals surface area contributed by atoms with Gasteiger partial charge in [0, 0.05) is 51.7 Å². The lowest BCUT2D eigenvalue weighted by atomic mass is 10.1. The zero-order valence-electron chi connectivity index (χ0n) is 17.3. The van der Waals surface area contributed by atoms with E-state index in [2.05, 4.69) is 44.7 Å². The minimum Gasteiger partial charge on any atom is -0.349 e. The zero-order valence-corrected chi connectivity index (χ0v) is 17.3. The summed E-state index contributed by atoms with van der Waals surface area (Å²) in [4.78, 5) is 29.7. The molecule has 0 bridgehead atoms. The predicted molar refractivity (Wildman–Crippen MR) is 118 cm³/mol. The van der Waals surface area contributed by atoms with Crippen molar-refractivity contribution in [2.75, 3.05) is 38.0 Å². The molecule has 1 aliphatic carbocycles. The Morgan fingerprint density at radius 1 is 0.867 bits per heavy atom. The first-order chi connectivity index (χ1) is 14.7. The molecular formula is C24H30N4O2. The summed E-state index contributed by atoms with van der Waals surface area (Å²) in [7, 11) is 0. The fraction of sp³-hybridized carbons (Fsp3) is 0.417. The van der Waals surface area contributed by atoms with Crippen LogP contribution < -0.4 is 10.6 Å². The molecule has 2 amide bonds. The summed E-state index contributed by atoms with van der Waals surface area (Å²) in [5, 5.41) is 5.92. The van der Waals surface area contributed by atoms with Crippen LogP contribution in [-0.4, -0.2) is 60.4 Å². The summed E-state index contributed by atoms with van der Waals surface area (Å²) in [6, 6.07) is 18.1. The number of anilines is 1. The molecule has 1 heterocycles. The van der Waals surface area contributed by atoms with Crippen LogP contribution in [0.3, 0.4) is 0 Å². The van der Waals surface area contributed by atoms with Gasteiger partial charge in [-0.05, 0) is 30.5 Å². The third-order valence-electron chi connectivity index (χ3n) is 5.73. The fourth-order valence-electron chi connectivity index (χ4n) is 3.77. The molecule has 2 aromatic carbocycles. The van der Waals surface area contributed by atoms with Crippen molar-refractivity contribution >= 4 is 17.5 Å². The lowest BCUT2D eigenvalue weighted by Gasteiger charge is -2.34. The Morgan fingerprint density at radius 2 is 1.53 bits per heavy atom. The first-order valence-corrected chi connectivity index (χ1v) is 10.9. The number of benzene rings is 2. The molecule has 2 aromatic rings. The molecule has 2 aliphatic rings. The van der Waals surface area contributed by atoms with E-state index in [-0.39, 0.29) is 11.8 Å². The van der Waals surface area contributed by atoms with Crippen LogP contribution in [-0.2, 0) is 11.3 Å². The molecule has 0 aromatic heterocycles. The molecule has 0 spiro atoms. The lowest BCUT2D eigenvalue weighted by Crippen LogP contribution is -2.46. The molecule has 6 heteroatoms. The lowest BCUT2D eigenvalue weighted by molar-refractivity contribution is -0.116. The molecule has 2 fully saturated rings. The molecule has 158 valence electrons. The molecule has 30 heavy (non-hydrogen) atoms. The summed E-state index contributed by atoms with van der Waals surface area (Å²) < 4.78 is 0. The van der Waals surface area contributed by atoms with Gasteiger partial charge in [-0.3, -0.25) is 14.5 Å². The van der Waals surface area contributed by atoms with Crippen molar-refractivity contribution in [3.8, 4) is 0 Å². The number of piperazine rings is 1. The number of nitrogens with zero attached hydrogens (tertiary/aromatic N) is 2. The number of para-hydroxylation sites is 1. The van der Waals surface area contributed by atoms with E-state index in [9.17, 15) is 9.59 Å². The minimum atomic E-state index is -0.108. The van der Waals surface area contributed by atoms with E-state index < -0.39 is 0 Å². The van der Waals surface area contributed by atoms with Crippen molar-refractivity contribution < 1.29 is 9.59 Å². The highest BCUT2D eigenvalue weighted by molar-refractivity contribution is 6.03. The second-order valence-corrected chi connectivity index (χ2v) is 8.19. The molecular weight excluding hydrogens is 376 g/mol. The number of rotatable bonds is 8. The van der Waals surface area contributed by atoms with Crippen LogP contribution in [0.15, 0.2) is 54.6 Å². The van der Waals surface area contributed by atoms with Gasteiger partial charge in [0.15, 0.2) is 0 Å². The Labute approximate surface area is 178 Å². The number of carbonyl (C=O) groups is 2. The highest BCUT2D eigenvalue weighted by atomic mass is 16.2. The maximum absolute atomic E-state index is 12.5. The van der Waals surface area contributed by atoms with Crippen LogP contribution in [0.1, 0.15) is 35.2 Å². The molecule has 0 radical (unpaired) electrons. The van der Waals surface area contributed by atoms with Crippen LogP contribution in [0.5, 0.6) is 0 Å². The Hall–Kier alpha value is -2.70. The van der Waals surface area contributed by atoms with Gasteiger partial charge in [-0.15, -0.1) is 0 Å². The molecule has 6 nitrogen and oxygen atoms in total. The van der Waals surface area contributed by atoms with Crippen molar-refractivity contribution in [1.29, 1.82) is 0 Å². The second-order valence-electron chi connectivity index (χ2n) is 8.19. The fourth-order valence-corrected chi connectivity index (χ4v) is 3.77. The number of carbonyl (C=O) groups excluding carboxylic acids is 2. The van der Waals surface area contributed by atoms with Gasteiger partial charge in [0.25, 0.3) is 5.91 Å². The van der Waals surface area contributed by atoms with Gasteiger partial charge in [0.2, 0.25) is 5.91 Å². The zero-order chi connectivity index (χ0) is 20.8. The average Bonchev–Trinajstić information content (AvgIpc) is 3.58. The van der Waals surface area contributed by atoms with Crippen LogP contribution in [0.4, 0.5) is 5.69 Å². The van der Waals surface area contributed by atoms with Gasteiger partial charge in [0.05, 0.1) is 11.3 Å². The molecule has 1 saturated carbocycles. The van der Waals surface area contributed by atoms with Crippen LogP contribution >= 0.6 is 0 Å². The molecule has 1 saturated heterocycles. The summed E-state index contributed by atoms with van der Waals surface area (Å²) in [6.07, 6.45) is 2.51. The van der Waals surface area contributed by atoms with E-state index in [1.165, 1.54) is 5.56 Å². The van der Waals surface area contributed by atoms with Gasteiger partial charge in [-0.2, -0.15) is 0 Å². The summed E-state index contributed by atoms with van der Waals surface area (Å²) in [5.74, 6) is -0.156. The van der Waals surface area contributed by atoms with E-state index in [0.717, 1.165) is 52.1 Å². The van der Waals surface area contributed by atoms with Gasteiger partial charge in [-0.1, -0.05) is 42.5 Å². The third-order valence-corrected chi connectivity index (χ3v) is 5.73. The Morgan fingerprint density at radius 3 is 2.27 bits per heavy atom. The predicted octanol–water partition coefficient (Wildman–Crippen LogP) is 2.73. The van der Waals surface area contributed by atoms with Crippen molar-refractivity contribution in [2.45, 2.75) is 31.8 Å². The van der Waals surface area contributed by atoms with Gasteiger partial charge >= 0.3 is 0 Å². The third kappa shape index (κ3) is 5.90. The number of hydrogen-bond donors (Lipinski definition) is 2. The van der Waals surface area contributed by atoms with Gasteiger partial charge < -0.3 is 15.5 Å². The Bertz CT molecular complexity index is 859. The quantitative estimate of drug-likeness (QED) is 0.708. The smallest absolute Gasteiger partial charge is 0.253 e. The Balaban J connectivity index is 1.21. The van der Waals surface area contributed by atoms with Gasteiger partial charge in [-0.25, -0.2) is 0 Å². The maximum Gasteiger partial charge on any atom is 0.253 e. The van der Waals surface area contributed by atoms with E-state index in [0.29, 0.717) is 23.7 Å². The normalized spacial score (nSPS) is 17.5. The Kier molecular flexibility index (Phi) is 6.77. The van der Waals surface area contributed by atoms with Crippen molar-refractivity contribution in [2.24, 2.45) is 0 Å². The molecule has 0 atom stereocenters. The first-order valence-electron chi connectivity index (χ1n) is 10.9. The monoisotopic (exact) mass is 406 g/mol. The highest BCUT2D eigenvalue weighted by Crippen LogP contribution is 2.21. The van der Waals surface area contributed by atoms with Crippen LogP contribution in [0, 0.1) is 0 Å². The summed E-state index contributed by atoms with van der Waals surface area (Å²) >= 11 is 0. The van der Waals surface area contributed by atoms with Crippen LogP contribution in [0.2, 0.25) is 0 Å². The average molecular weight is 407 g/mol. The molecule has 4 rings (SSSR count). The van der Waals surface area contributed by atoms with Crippen molar-refractivity contribution in [3.63, 3.8) is 0 Å². The summed E-state index contributed by atoms with van der Waals surface area (Å²) in [5.41, 5.74) is 2.47. The summed E-state index contributed by atoms with van der Waals surface area (Å²) in [6.45, 7) is 5.69. The second kappa shape index (κ2) is 9.87. The molecule has 1 aliphatic heterocycles. The van der Waals surface area contributed by atoms with Crippen molar-refractivity contribution in [3.05, 3.63) is 65.7 Å². The number of hydrogen-bond acceptors (Lipinski definition) is 4. The van der Waals surface area contributed by atoms with E-state index >= 15 is 0 Å². The highest BCUT2D eigenvalue weighted by Gasteiger charge is 2.25. The van der Waals surface area contributed by atoms with Crippen LogP contribution in [0.25, 0.3) is 0 Å². The SMILES string of the molecule is O=C(CCN1CCN(Cc2ccccc2)CC1)Nc1ccccc1C(=O)NC1CC1.